The van der Waals surface area contributed by atoms with Gasteiger partial charge in [0.2, 0.25) is 0 Å². The van der Waals surface area contributed by atoms with Crippen LogP contribution in [0.2, 0.25) is 0 Å². The summed E-state index contributed by atoms with van der Waals surface area (Å²) < 4.78 is 18.6. The maximum atomic E-state index is 7.18. The monoisotopic (exact) mass is 916 g/mol. The zero-order valence-electron chi connectivity index (χ0n) is 38.8. The van der Waals surface area contributed by atoms with Crippen molar-refractivity contribution in [1.29, 1.82) is 0 Å². The van der Waals surface area contributed by atoms with Crippen LogP contribution in [0.3, 0.4) is 0 Å². The lowest BCUT2D eigenvalue weighted by molar-refractivity contribution is 0.666. The summed E-state index contributed by atoms with van der Waals surface area (Å²) in [7, 11) is 0. The SMILES string of the molecule is c1ccc(-n2c3ccccc3c3c(-c4cc(-c5ccc6c(oc7ccccc76)c5-n5c6cc7ccccc7cc6c6c7ccccc7ccc65)cc(-c5cccc6oc7ccccc7c56)c4)cccc32)cc1. The molecule has 0 spiro atoms. The number of hydrogen-bond donors (Lipinski definition) is 0. The molecule has 0 aliphatic rings. The summed E-state index contributed by atoms with van der Waals surface area (Å²) in [6.07, 6.45) is 0. The zero-order chi connectivity index (χ0) is 47.0. The van der Waals surface area contributed by atoms with Gasteiger partial charge in [0.1, 0.15) is 16.7 Å². The first kappa shape index (κ1) is 39.2. The van der Waals surface area contributed by atoms with Crippen LogP contribution in [0.5, 0.6) is 0 Å². The van der Waals surface area contributed by atoms with Gasteiger partial charge in [0.25, 0.3) is 0 Å². The highest BCUT2D eigenvalue weighted by molar-refractivity contribution is 6.25. The maximum absolute atomic E-state index is 7.18. The predicted molar refractivity (Wildman–Crippen MR) is 301 cm³/mol. The van der Waals surface area contributed by atoms with Crippen molar-refractivity contribution < 1.29 is 8.83 Å². The van der Waals surface area contributed by atoms with Crippen molar-refractivity contribution in [2.75, 3.05) is 0 Å². The van der Waals surface area contributed by atoms with Gasteiger partial charge in [-0.15, -0.1) is 0 Å². The Bertz CT molecular complexity index is 4930. The van der Waals surface area contributed by atoms with E-state index in [0.29, 0.717) is 0 Å². The Labute approximate surface area is 412 Å². The van der Waals surface area contributed by atoms with Gasteiger partial charge in [-0.2, -0.15) is 0 Å². The highest BCUT2D eigenvalue weighted by Crippen LogP contribution is 2.48. The lowest BCUT2D eigenvalue weighted by Gasteiger charge is -2.18. The van der Waals surface area contributed by atoms with E-state index in [9.17, 15) is 0 Å². The molecule has 16 rings (SSSR count). The Hall–Kier alpha value is -9.64. The number of para-hydroxylation sites is 4. The van der Waals surface area contributed by atoms with E-state index in [-0.39, 0.29) is 0 Å². The van der Waals surface area contributed by atoms with Crippen LogP contribution in [0.15, 0.2) is 251 Å². The van der Waals surface area contributed by atoms with E-state index in [4.69, 9.17) is 8.83 Å². The normalized spacial score (nSPS) is 12.2. The molecule has 4 heterocycles. The van der Waals surface area contributed by atoms with Crippen LogP contribution >= 0.6 is 0 Å². The molecule has 0 fully saturated rings. The largest absolute Gasteiger partial charge is 0.456 e. The van der Waals surface area contributed by atoms with E-state index in [1.165, 1.54) is 48.6 Å². The molecule has 0 amide bonds. The highest BCUT2D eigenvalue weighted by Gasteiger charge is 2.25. The van der Waals surface area contributed by atoms with Crippen molar-refractivity contribution in [3.8, 4) is 44.8 Å². The van der Waals surface area contributed by atoms with Crippen LogP contribution in [0.1, 0.15) is 0 Å². The van der Waals surface area contributed by atoms with Crippen molar-refractivity contribution in [2.45, 2.75) is 0 Å². The number of rotatable bonds is 5. The van der Waals surface area contributed by atoms with E-state index < -0.39 is 0 Å². The minimum atomic E-state index is 0.844. The molecule has 4 nitrogen and oxygen atoms in total. The molecular formula is C68H40N2O2. The van der Waals surface area contributed by atoms with Crippen LogP contribution in [0.25, 0.3) is 154 Å². The third-order valence-electron chi connectivity index (χ3n) is 15.2. The molecule has 0 N–H and O–H groups in total. The van der Waals surface area contributed by atoms with Gasteiger partial charge >= 0.3 is 0 Å². The summed E-state index contributed by atoms with van der Waals surface area (Å²) in [5, 5.41) is 14.0. The van der Waals surface area contributed by atoms with E-state index in [1.807, 2.05) is 6.07 Å². The van der Waals surface area contributed by atoms with Gasteiger partial charge in [0, 0.05) is 54.3 Å². The second kappa shape index (κ2) is 14.9. The van der Waals surface area contributed by atoms with E-state index in [2.05, 4.69) is 246 Å². The Morgan fingerprint density at radius 3 is 1.65 bits per heavy atom. The van der Waals surface area contributed by atoms with Crippen LogP contribution in [0.4, 0.5) is 0 Å². The summed E-state index contributed by atoms with van der Waals surface area (Å²) in [6, 6.07) is 88.2. The van der Waals surface area contributed by atoms with Gasteiger partial charge in [-0.25, -0.2) is 0 Å². The van der Waals surface area contributed by atoms with Crippen LogP contribution in [-0.2, 0) is 0 Å². The van der Waals surface area contributed by atoms with Crippen molar-refractivity contribution in [1.82, 2.24) is 9.13 Å². The topological polar surface area (TPSA) is 36.1 Å². The molecule has 4 aromatic heterocycles. The standard InChI is InChI=1S/C68H40N2O2/c1-2-19-47(20-3-1)69-57-27-11-8-23-54(57)64-49(25-14-28-58(64)69)44-36-45(50-26-15-31-63-66(50)55-24-10-13-30-62(55)71-63)38-46(37-44)51-33-34-53-52-22-9-12-29-61(52)72-68(53)67(51)70-59-35-32-41-16-6-7-21-48(41)65(59)56-39-42-17-4-5-18-43(42)40-60(56)70/h1-40H. The van der Waals surface area contributed by atoms with E-state index in [1.54, 1.807) is 0 Å². The van der Waals surface area contributed by atoms with Crippen molar-refractivity contribution in [3.63, 3.8) is 0 Å². The summed E-state index contributed by atoms with van der Waals surface area (Å²) in [4.78, 5) is 0. The molecule has 12 aromatic carbocycles. The fourth-order valence-electron chi connectivity index (χ4n) is 12.2. The first-order chi connectivity index (χ1) is 35.7. The zero-order valence-corrected chi connectivity index (χ0v) is 38.8. The number of aromatic nitrogens is 2. The molecule has 0 atom stereocenters. The minimum absolute atomic E-state index is 0.844. The molecule has 0 bridgehead atoms. The van der Waals surface area contributed by atoms with Gasteiger partial charge in [-0.1, -0.05) is 158 Å². The summed E-state index contributed by atoms with van der Waals surface area (Å²) in [5.74, 6) is 0. The number of nitrogens with zero attached hydrogens (tertiary/aromatic N) is 2. The van der Waals surface area contributed by atoms with Crippen LogP contribution in [-0.4, -0.2) is 9.13 Å². The number of fused-ring (bicyclic) bond motifs is 15. The minimum Gasteiger partial charge on any atom is -0.456 e. The summed E-state index contributed by atoms with van der Waals surface area (Å²) >= 11 is 0. The third-order valence-corrected chi connectivity index (χ3v) is 15.2. The van der Waals surface area contributed by atoms with E-state index >= 15 is 0 Å². The first-order valence-electron chi connectivity index (χ1n) is 24.7. The second-order valence-corrected chi connectivity index (χ2v) is 19.1. The van der Waals surface area contributed by atoms with Crippen molar-refractivity contribution in [2.24, 2.45) is 0 Å². The molecule has 72 heavy (non-hydrogen) atoms. The van der Waals surface area contributed by atoms with Gasteiger partial charge in [0.05, 0.1) is 27.8 Å². The molecule has 334 valence electrons. The lowest BCUT2D eigenvalue weighted by atomic mass is 9.89. The molecule has 0 saturated heterocycles. The fraction of sp³-hybridized carbons (Fsp3) is 0. The smallest absolute Gasteiger partial charge is 0.160 e. The van der Waals surface area contributed by atoms with Crippen molar-refractivity contribution >= 4 is 109 Å². The number of benzene rings is 12. The predicted octanol–water partition coefficient (Wildman–Crippen LogP) is 19.0. The van der Waals surface area contributed by atoms with Crippen LogP contribution < -0.4 is 0 Å². The van der Waals surface area contributed by atoms with Gasteiger partial charge in [-0.3, -0.25) is 0 Å². The Kier molecular flexibility index (Phi) is 8.14. The average molecular weight is 917 g/mol. The van der Waals surface area contributed by atoms with Crippen LogP contribution in [0, 0.1) is 0 Å². The molecule has 0 aliphatic heterocycles. The molecule has 0 saturated carbocycles. The molecule has 0 radical (unpaired) electrons. The first-order valence-corrected chi connectivity index (χ1v) is 24.7. The lowest BCUT2D eigenvalue weighted by Crippen LogP contribution is -1.99. The Morgan fingerprint density at radius 1 is 0.264 bits per heavy atom. The quantitative estimate of drug-likeness (QED) is 0.172. The third kappa shape index (κ3) is 5.57. The molecule has 4 heteroatoms. The summed E-state index contributed by atoms with van der Waals surface area (Å²) in [5.41, 5.74) is 16.8. The average Bonchev–Trinajstić information content (AvgIpc) is 4.20. The second-order valence-electron chi connectivity index (χ2n) is 19.1. The Balaban J connectivity index is 1.07. The van der Waals surface area contributed by atoms with Gasteiger partial charge in [-0.05, 0) is 134 Å². The summed E-state index contributed by atoms with van der Waals surface area (Å²) in [6.45, 7) is 0. The highest BCUT2D eigenvalue weighted by atomic mass is 16.3. The van der Waals surface area contributed by atoms with Gasteiger partial charge < -0.3 is 18.0 Å². The number of hydrogen-bond acceptors (Lipinski definition) is 2. The molecule has 16 aromatic rings. The number of furan rings is 2. The van der Waals surface area contributed by atoms with E-state index in [0.717, 1.165) is 105 Å². The molecular weight excluding hydrogens is 877 g/mol. The molecule has 0 aliphatic carbocycles. The Morgan fingerprint density at radius 2 is 0.847 bits per heavy atom. The van der Waals surface area contributed by atoms with Gasteiger partial charge in [0.15, 0.2) is 5.58 Å². The van der Waals surface area contributed by atoms with Crippen molar-refractivity contribution in [3.05, 3.63) is 243 Å². The molecule has 0 unspecified atom stereocenters. The fourth-order valence-corrected chi connectivity index (χ4v) is 12.2. The maximum Gasteiger partial charge on any atom is 0.160 e.